The summed E-state index contributed by atoms with van der Waals surface area (Å²) in [6, 6.07) is 6.20. The van der Waals surface area contributed by atoms with Gasteiger partial charge in [-0.1, -0.05) is 12.1 Å². The topological polar surface area (TPSA) is 91.2 Å². The summed E-state index contributed by atoms with van der Waals surface area (Å²) in [5.74, 6) is 1.11. The number of rotatable bonds is 6. The van der Waals surface area contributed by atoms with Crippen LogP contribution in [-0.2, 0) is 9.53 Å². The van der Waals surface area contributed by atoms with Crippen LogP contribution in [-0.4, -0.2) is 59.2 Å². The second-order valence-corrected chi connectivity index (χ2v) is 7.48. The van der Waals surface area contributed by atoms with E-state index in [0.29, 0.717) is 25.2 Å². The largest absolute Gasteiger partial charge is 0.377 e. The highest BCUT2D eigenvalue weighted by molar-refractivity contribution is 7.05. The lowest BCUT2D eigenvalue weighted by Gasteiger charge is -2.28. The quantitative estimate of drug-likeness (QED) is 0.601. The van der Waals surface area contributed by atoms with Crippen LogP contribution in [0.3, 0.4) is 0 Å². The van der Waals surface area contributed by atoms with Crippen LogP contribution in [0.15, 0.2) is 18.2 Å². The first-order chi connectivity index (χ1) is 12.8. The lowest BCUT2D eigenvalue weighted by molar-refractivity contribution is -0.119. The van der Waals surface area contributed by atoms with Crippen molar-refractivity contribution in [3.8, 4) is 11.4 Å². The number of likely N-dealkylation sites (tertiary alicyclic amines) is 1. The molecule has 1 aromatic carbocycles. The second kappa shape index (κ2) is 7.51. The molecule has 1 amide bonds. The van der Waals surface area contributed by atoms with Crippen LogP contribution >= 0.6 is 11.5 Å². The normalized spacial score (nSPS) is 18.4. The number of ether oxygens (including phenoxy) is 1. The van der Waals surface area contributed by atoms with Crippen LogP contribution < -0.4 is 5.32 Å². The Morgan fingerprint density at radius 3 is 2.77 bits per heavy atom. The van der Waals surface area contributed by atoms with E-state index in [4.69, 9.17) is 15.1 Å². The van der Waals surface area contributed by atoms with Crippen LogP contribution in [0.1, 0.15) is 29.3 Å². The van der Waals surface area contributed by atoms with Gasteiger partial charge in [0.25, 0.3) is 0 Å². The maximum Gasteiger partial charge on any atom is 0.209 e. The molecule has 0 aliphatic carbocycles. The van der Waals surface area contributed by atoms with E-state index in [-0.39, 0.29) is 0 Å². The first kappa shape index (κ1) is 17.1. The maximum atomic E-state index is 10.8. The van der Waals surface area contributed by atoms with Crippen molar-refractivity contribution in [2.45, 2.75) is 24.8 Å². The van der Waals surface area contributed by atoms with Gasteiger partial charge in [-0.15, -0.1) is 0 Å². The Hall–Kier alpha value is -2.32. The van der Waals surface area contributed by atoms with Crippen molar-refractivity contribution in [3.05, 3.63) is 28.8 Å². The predicted octanol–water partition coefficient (Wildman–Crippen LogP) is 2.35. The fraction of sp³-hybridized carbons (Fsp3) is 0.444. The Morgan fingerprint density at radius 2 is 2.12 bits per heavy atom. The zero-order chi connectivity index (χ0) is 17.9. The molecule has 0 spiro atoms. The Balaban J connectivity index is 1.52. The van der Waals surface area contributed by atoms with E-state index in [1.54, 1.807) is 0 Å². The fourth-order valence-corrected chi connectivity index (χ4v) is 4.09. The van der Waals surface area contributed by atoms with Gasteiger partial charge in [0.2, 0.25) is 6.41 Å². The predicted molar refractivity (Wildman–Crippen MR) is 101 cm³/mol. The molecule has 8 heteroatoms. The number of piperidine rings is 1. The number of anilines is 1. The zero-order valence-electron chi connectivity index (χ0n) is 14.4. The van der Waals surface area contributed by atoms with E-state index in [2.05, 4.69) is 9.69 Å². The van der Waals surface area contributed by atoms with Gasteiger partial charge in [-0.2, -0.15) is 4.37 Å². The van der Waals surface area contributed by atoms with Crippen molar-refractivity contribution in [2.24, 2.45) is 0 Å². The molecule has 0 unspecified atom stereocenters. The lowest BCUT2D eigenvalue weighted by Crippen LogP contribution is -2.40. The van der Waals surface area contributed by atoms with E-state index in [1.165, 1.54) is 17.7 Å². The maximum absolute atomic E-state index is 10.8. The van der Waals surface area contributed by atoms with Gasteiger partial charge in [0.1, 0.15) is 5.01 Å². The summed E-state index contributed by atoms with van der Waals surface area (Å²) in [5.41, 5.74) is 2.71. The van der Waals surface area contributed by atoms with Crippen LogP contribution in [0, 0.1) is 5.41 Å². The Kier molecular flexibility index (Phi) is 4.94. The first-order valence-corrected chi connectivity index (χ1v) is 9.56. The van der Waals surface area contributed by atoms with E-state index in [0.717, 1.165) is 60.0 Å². The van der Waals surface area contributed by atoms with Gasteiger partial charge in [0, 0.05) is 42.0 Å². The molecule has 2 aliphatic rings. The standard InChI is InChI=1S/C18H21N5O2S/c19-8-14-2-1-13(7-16(14)20-15-9-25-10-15)17-21-18(26-22-17)12-3-5-23(11-24)6-4-12/h1-2,7-8,11-12,15,19-20H,3-6,9-10H2. The summed E-state index contributed by atoms with van der Waals surface area (Å²) in [6.45, 7) is 2.96. The lowest BCUT2D eigenvalue weighted by atomic mass is 9.98. The third kappa shape index (κ3) is 3.47. The summed E-state index contributed by atoms with van der Waals surface area (Å²) in [5, 5.41) is 12.1. The van der Waals surface area contributed by atoms with Crippen molar-refractivity contribution in [2.75, 3.05) is 31.6 Å². The summed E-state index contributed by atoms with van der Waals surface area (Å²) in [4.78, 5) is 17.4. The van der Waals surface area contributed by atoms with Gasteiger partial charge in [-0.3, -0.25) is 4.79 Å². The van der Waals surface area contributed by atoms with Crippen molar-refractivity contribution in [1.82, 2.24) is 14.3 Å². The second-order valence-electron chi connectivity index (χ2n) is 6.70. The molecular weight excluding hydrogens is 350 g/mol. The third-order valence-corrected chi connectivity index (χ3v) is 5.81. The molecule has 0 radical (unpaired) electrons. The van der Waals surface area contributed by atoms with Gasteiger partial charge >= 0.3 is 0 Å². The van der Waals surface area contributed by atoms with Crippen molar-refractivity contribution in [3.63, 3.8) is 0 Å². The van der Waals surface area contributed by atoms with Crippen LogP contribution in [0.5, 0.6) is 0 Å². The zero-order valence-corrected chi connectivity index (χ0v) is 15.2. The van der Waals surface area contributed by atoms with Crippen molar-refractivity contribution >= 4 is 29.8 Å². The highest BCUT2D eigenvalue weighted by atomic mass is 32.1. The smallest absolute Gasteiger partial charge is 0.209 e. The number of benzene rings is 1. The van der Waals surface area contributed by atoms with E-state index in [1.807, 2.05) is 23.1 Å². The molecule has 26 heavy (non-hydrogen) atoms. The summed E-state index contributed by atoms with van der Waals surface area (Å²) in [7, 11) is 0. The van der Waals surface area contributed by atoms with Gasteiger partial charge in [0.05, 0.1) is 19.3 Å². The Morgan fingerprint density at radius 1 is 1.31 bits per heavy atom. The molecule has 1 aromatic heterocycles. The number of amides is 1. The number of nitrogens with one attached hydrogen (secondary N) is 2. The van der Waals surface area contributed by atoms with Crippen LogP contribution in [0.4, 0.5) is 5.69 Å². The summed E-state index contributed by atoms with van der Waals surface area (Å²) in [6.07, 6.45) is 4.16. The van der Waals surface area contributed by atoms with E-state index >= 15 is 0 Å². The van der Waals surface area contributed by atoms with Crippen LogP contribution in [0.25, 0.3) is 11.4 Å². The number of carbonyl (C=O) groups is 1. The SMILES string of the molecule is N=Cc1ccc(-c2nsc(C3CCN(C=O)CC3)n2)cc1NC1COC1. The minimum Gasteiger partial charge on any atom is -0.377 e. The molecular formula is C18H21N5O2S. The molecule has 7 nitrogen and oxygen atoms in total. The monoisotopic (exact) mass is 371 g/mol. The molecule has 2 saturated heterocycles. The molecule has 2 N–H and O–H groups in total. The molecule has 3 heterocycles. The fourth-order valence-electron chi connectivity index (χ4n) is 3.26. The third-order valence-electron chi connectivity index (χ3n) is 4.93. The average Bonchev–Trinajstić information content (AvgIpc) is 3.15. The Bertz CT molecular complexity index is 797. The molecule has 0 bridgehead atoms. The molecule has 2 aliphatic heterocycles. The summed E-state index contributed by atoms with van der Waals surface area (Å²) < 4.78 is 9.76. The van der Waals surface area contributed by atoms with Gasteiger partial charge in [0.15, 0.2) is 5.82 Å². The molecule has 0 saturated carbocycles. The average molecular weight is 371 g/mol. The van der Waals surface area contributed by atoms with E-state index < -0.39 is 0 Å². The van der Waals surface area contributed by atoms with E-state index in [9.17, 15) is 4.79 Å². The number of hydrogen-bond acceptors (Lipinski definition) is 7. The molecule has 136 valence electrons. The number of hydrogen-bond donors (Lipinski definition) is 2. The number of carbonyl (C=O) groups excluding carboxylic acids is 1. The van der Waals surface area contributed by atoms with Crippen molar-refractivity contribution < 1.29 is 9.53 Å². The first-order valence-electron chi connectivity index (χ1n) is 8.79. The Labute approximate surface area is 156 Å². The highest BCUT2D eigenvalue weighted by Gasteiger charge is 2.24. The number of aromatic nitrogens is 2. The van der Waals surface area contributed by atoms with Gasteiger partial charge < -0.3 is 20.4 Å². The molecule has 2 aromatic rings. The molecule has 2 fully saturated rings. The van der Waals surface area contributed by atoms with Crippen molar-refractivity contribution in [1.29, 1.82) is 5.41 Å². The molecule has 4 rings (SSSR count). The highest BCUT2D eigenvalue weighted by Crippen LogP contribution is 2.32. The van der Waals surface area contributed by atoms with Gasteiger partial charge in [-0.05, 0) is 30.4 Å². The summed E-state index contributed by atoms with van der Waals surface area (Å²) >= 11 is 1.45. The molecule has 0 atom stereocenters. The number of nitrogens with zero attached hydrogens (tertiary/aromatic N) is 3. The minimum atomic E-state index is 0.297. The van der Waals surface area contributed by atoms with Crippen LogP contribution in [0.2, 0.25) is 0 Å². The minimum absolute atomic E-state index is 0.297. The van der Waals surface area contributed by atoms with Gasteiger partial charge in [-0.25, -0.2) is 4.98 Å².